The van der Waals surface area contributed by atoms with E-state index in [4.69, 9.17) is 9.47 Å². The van der Waals surface area contributed by atoms with Crippen molar-refractivity contribution in [1.29, 1.82) is 0 Å². The van der Waals surface area contributed by atoms with Crippen molar-refractivity contribution in [1.82, 2.24) is 0 Å². The molecule has 0 aliphatic carbocycles. The van der Waals surface area contributed by atoms with E-state index in [1.54, 1.807) is 14.2 Å². The van der Waals surface area contributed by atoms with Gasteiger partial charge in [-0.3, -0.25) is 0 Å². The minimum absolute atomic E-state index is 0.0823. The Bertz CT molecular complexity index is 186. The van der Waals surface area contributed by atoms with Gasteiger partial charge in [-0.1, -0.05) is 25.2 Å². The zero-order valence-corrected chi connectivity index (χ0v) is 11.4. The molecule has 0 fully saturated rings. The topological polar surface area (TPSA) is 18.5 Å². The number of hydrogen-bond donors (Lipinski definition) is 0. The fourth-order valence-corrected chi connectivity index (χ4v) is 3.79. The van der Waals surface area contributed by atoms with Crippen molar-refractivity contribution in [3.8, 4) is 0 Å². The Labute approximate surface area is 89.3 Å². The van der Waals surface area contributed by atoms with Crippen LogP contribution < -0.4 is 0 Å². The van der Waals surface area contributed by atoms with E-state index in [0.29, 0.717) is 5.92 Å². The predicted molar refractivity (Wildman–Crippen MR) is 64.1 cm³/mol. The highest BCUT2D eigenvalue weighted by atomic mass is 28.3. The first-order valence-corrected chi connectivity index (χ1v) is 8.27. The van der Waals surface area contributed by atoms with Crippen LogP contribution in [0.1, 0.15) is 13.8 Å². The van der Waals surface area contributed by atoms with E-state index in [1.165, 1.54) is 5.20 Å². The van der Waals surface area contributed by atoms with Gasteiger partial charge in [0.2, 0.25) is 0 Å². The van der Waals surface area contributed by atoms with Crippen LogP contribution in [-0.4, -0.2) is 28.6 Å². The van der Waals surface area contributed by atoms with Crippen molar-refractivity contribution in [3.05, 3.63) is 11.8 Å². The standard InChI is InChI=1S/C11H24O2Si/c1-9(2)14(6,7)8-10(3)11(12-4)13-5/h10-11H,1,8H2,2-7H3. The summed E-state index contributed by atoms with van der Waals surface area (Å²) >= 11 is 0. The molecule has 0 N–H and O–H groups in total. The molecule has 14 heavy (non-hydrogen) atoms. The largest absolute Gasteiger partial charge is 0.356 e. The first kappa shape index (κ1) is 13.9. The van der Waals surface area contributed by atoms with Crippen molar-refractivity contribution in [2.45, 2.75) is 39.3 Å². The van der Waals surface area contributed by atoms with Crippen molar-refractivity contribution < 1.29 is 9.47 Å². The summed E-state index contributed by atoms with van der Waals surface area (Å²) in [4.78, 5) is 0. The molecule has 2 nitrogen and oxygen atoms in total. The summed E-state index contributed by atoms with van der Waals surface area (Å²) < 4.78 is 10.5. The Morgan fingerprint density at radius 3 is 2.00 bits per heavy atom. The number of methoxy groups -OCH3 is 2. The highest BCUT2D eigenvalue weighted by Gasteiger charge is 2.28. The number of allylic oxidation sites excluding steroid dienone is 1. The van der Waals surface area contributed by atoms with E-state index in [0.717, 1.165) is 6.04 Å². The number of rotatable bonds is 6. The van der Waals surface area contributed by atoms with Gasteiger partial charge in [0.05, 0.1) is 8.07 Å². The Morgan fingerprint density at radius 1 is 1.29 bits per heavy atom. The lowest BCUT2D eigenvalue weighted by Crippen LogP contribution is -2.34. The zero-order chi connectivity index (χ0) is 11.4. The third kappa shape index (κ3) is 3.94. The highest BCUT2D eigenvalue weighted by molar-refractivity contribution is 6.84. The summed E-state index contributed by atoms with van der Waals surface area (Å²) in [6.45, 7) is 13.1. The second kappa shape index (κ2) is 5.68. The van der Waals surface area contributed by atoms with Gasteiger partial charge in [-0.05, 0) is 13.0 Å². The molecule has 0 bridgehead atoms. The average molecular weight is 216 g/mol. The molecular weight excluding hydrogens is 192 g/mol. The molecule has 0 aromatic heterocycles. The third-order valence-electron chi connectivity index (χ3n) is 2.92. The second-order valence-electron chi connectivity index (χ2n) is 4.69. The summed E-state index contributed by atoms with van der Waals surface area (Å²) in [6, 6.07) is 1.16. The van der Waals surface area contributed by atoms with Crippen LogP contribution in [0.4, 0.5) is 0 Å². The van der Waals surface area contributed by atoms with Gasteiger partial charge in [-0.2, -0.15) is 0 Å². The zero-order valence-electron chi connectivity index (χ0n) is 10.4. The fourth-order valence-electron chi connectivity index (χ4n) is 1.64. The second-order valence-corrected chi connectivity index (χ2v) is 9.71. The maximum Gasteiger partial charge on any atom is 0.159 e. The molecule has 0 saturated heterocycles. The monoisotopic (exact) mass is 216 g/mol. The SMILES string of the molecule is C=C(C)[Si](C)(C)CC(C)C(OC)OC. The first-order chi connectivity index (χ1) is 6.35. The number of hydrogen-bond acceptors (Lipinski definition) is 2. The molecule has 0 aromatic rings. The Kier molecular flexibility index (Phi) is 5.63. The van der Waals surface area contributed by atoms with Gasteiger partial charge >= 0.3 is 0 Å². The molecule has 3 heteroatoms. The highest BCUT2D eigenvalue weighted by Crippen LogP contribution is 2.25. The molecule has 0 radical (unpaired) electrons. The van der Waals surface area contributed by atoms with E-state index in [-0.39, 0.29) is 6.29 Å². The summed E-state index contributed by atoms with van der Waals surface area (Å²) in [6.07, 6.45) is -0.0823. The van der Waals surface area contributed by atoms with Gasteiger partial charge in [0.1, 0.15) is 0 Å². The Morgan fingerprint density at radius 2 is 1.71 bits per heavy atom. The van der Waals surface area contributed by atoms with Crippen LogP contribution in [0.15, 0.2) is 11.8 Å². The summed E-state index contributed by atoms with van der Waals surface area (Å²) in [7, 11) is 2.10. The van der Waals surface area contributed by atoms with Crippen LogP contribution in [0.2, 0.25) is 19.1 Å². The third-order valence-corrected chi connectivity index (χ3v) is 6.89. The molecule has 0 rings (SSSR count). The predicted octanol–water partition coefficient (Wildman–Crippen LogP) is 3.07. The minimum Gasteiger partial charge on any atom is -0.356 e. The molecule has 1 unspecified atom stereocenters. The molecule has 1 atom stereocenters. The molecule has 0 aromatic carbocycles. The van der Waals surface area contributed by atoms with Gasteiger partial charge in [0.25, 0.3) is 0 Å². The molecule has 0 amide bonds. The molecule has 0 heterocycles. The van der Waals surface area contributed by atoms with Gasteiger partial charge in [-0.15, -0.1) is 6.58 Å². The van der Waals surface area contributed by atoms with Crippen LogP contribution in [0, 0.1) is 5.92 Å². The lowest BCUT2D eigenvalue weighted by molar-refractivity contribution is -0.129. The molecule has 84 valence electrons. The van der Waals surface area contributed by atoms with Gasteiger partial charge in [0, 0.05) is 20.1 Å². The molecule has 0 aliphatic heterocycles. The quantitative estimate of drug-likeness (QED) is 0.502. The van der Waals surface area contributed by atoms with Crippen LogP contribution in [-0.2, 0) is 9.47 Å². The maximum atomic E-state index is 5.26. The number of ether oxygens (including phenoxy) is 2. The van der Waals surface area contributed by atoms with E-state index in [9.17, 15) is 0 Å². The van der Waals surface area contributed by atoms with Crippen molar-refractivity contribution in [2.75, 3.05) is 14.2 Å². The molecule has 0 spiro atoms. The Balaban J connectivity index is 4.29. The van der Waals surface area contributed by atoms with Crippen LogP contribution in [0.5, 0.6) is 0 Å². The van der Waals surface area contributed by atoms with E-state index >= 15 is 0 Å². The smallest absolute Gasteiger partial charge is 0.159 e. The Hall–Kier alpha value is -0.123. The lowest BCUT2D eigenvalue weighted by Gasteiger charge is -2.29. The van der Waals surface area contributed by atoms with Crippen molar-refractivity contribution >= 4 is 8.07 Å². The van der Waals surface area contributed by atoms with Gasteiger partial charge in [0.15, 0.2) is 6.29 Å². The molecule has 0 saturated carbocycles. The minimum atomic E-state index is -1.29. The van der Waals surface area contributed by atoms with Crippen LogP contribution in [0.3, 0.4) is 0 Å². The lowest BCUT2D eigenvalue weighted by atomic mass is 10.2. The van der Waals surface area contributed by atoms with E-state index < -0.39 is 8.07 Å². The summed E-state index contributed by atoms with van der Waals surface area (Å²) in [5.74, 6) is 0.434. The normalized spacial score (nSPS) is 14.5. The van der Waals surface area contributed by atoms with Crippen LogP contribution in [0.25, 0.3) is 0 Å². The maximum absolute atomic E-state index is 5.26. The van der Waals surface area contributed by atoms with Gasteiger partial charge < -0.3 is 9.47 Å². The van der Waals surface area contributed by atoms with Crippen molar-refractivity contribution in [3.63, 3.8) is 0 Å². The van der Waals surface area contributed by atoms with Crippen molar-refractivity contribution in [2.24, 2.45) is 5.92 Å². The van der Waals surface area contributed by atoms with Gasteiger partial charge in [-0.25, -0.2) is 0 Å². The van der Waals surface area contributed by atoms with Crippen LogP contribution >= 0.6 is 0 Å². The molecular formula is C11H24O2Si. The average Bonchev–Trinajstić information content (AvgIpc) is 2.05. The first-order valence-electron chi connectivity index (χ1n) is 5.06. The summed E-state index contributed by atoms with van der Waals surface area (Å²) in [5, 5.41) is 1.34. The molecule has 0 aliphatic rings. The van der Waals surface area contributed by atoms with E-state index in [1.807, 2.05) is 0 Å². The fraction of sp³-hybridized carbons (Fsp3) is 0.818. The van der Waals surface area contributed by atoms with E-state index in [2.05, 4.69) is 33.5 Å². The summed E-state index contributed by atoms with van der Waals surface area (Å²) in [5.41, 5.74) is 0.